The van der Waals surface area contributed by atoms with Gasteiger partial charge in [0.05, 0.1) is 0 Å². The van der Waals surface area contributed by atoms with Crippen LogP contribution >= 0.6 is 0 Å². The van der Waals surface area contributed by atoms with Crippen LogP contribution in [0.15, 0.2) is 30.3 Å². The lowest BCUT2D eigenvalue weighted by Gasteiger charge is -1.93. The third-order valence-electron chi connectivity index (χ3n) is 1.15. The van der Waals surface area contributed by atoms with Gasteiger partial charge in [0.2, 0.25) is 0 Å². The fourth-order valence-electron chi connectivity index (χ4n) is 0.725. The minimum Gasteiger partial charge on any atom is -0.0622 e. The molecule has 0 N–H and O–H groups in total. The first-order valence-corrected chi connectivity index (χ1v) is 3.02. The molecule has 0 heterocycles. The average Bonchev–Trinajstić information content (AvgIpc) is 1.91. The molecular formula is C9H9. The van der Waals surface area contributed by atoms with Gasteiger partial charge in [-0.2, -0.15) is 0 Å². The molecule has 1 rings (SSSR count). The molecular weight excluding hydrogens is 108 g/mol. The summed E-state index contributed by atoms with van der Waals surface area (Å²) in [5.41, 5.74) is 1.19. The molecule has 0 spiro atoms. The van der Waals surface area contributed by atoms with Gasteiger partial charge >= 0.3 is 0 Å². The van der Waals surface area contributed by atoms with E-state index in [9.17, 15) is 0 Å². The van der Waals surface area contributed by atoms with Crippen LogP contribution in [-0.4, -0.2) is 0 Å². The van der Waals surface area contributed by atoms with Crippen molar-refractivity contribution in [2.75, 3.05) is 0 Å². The zero-order valence-electron chi connectivity index (χ0n) is 5.25. The maximum atomic E-state index is 5.30. The fourth-order valence-corrected chi connectivity index (χ4v) is 0.725. The third kappa shape index (κ3) is 1.88. The number of hydrogen-bond acceptors (Lipinski definition) is 0. The summed E-state index contributed by atoms with van der Waals surface area (Å²) in [4.78, 5) is 0. The van der Waals surface area contributed by atoms with Crippen molar-refractivity contribution in [2.24, 2.45) is 0 Å². The van der Waals surface area contributed by atoms with Crippen molar-refractivity contribution in [1.82, 2.24) is 0 Å². The van der Waals surface area contributed by atoms with Crippen LogP contribution in [0.5, 0.6) is 0 Å². The lowest BCUT2D eigenvalue weighted by atomic mass is 10.1. The van der Waals surface area contributed by atoms with Gasteiger partial charge in [-0.1, -0.05) is 30.3 Å². The summed E-state index contributed by atoms with van der Waals surface area (Å²) in [7, 11) is 0. The van der Waals surface area contributed by atoms with Crippen molar-refractivity contribution in [3.05, 3.63) is 49.2 Å². The Morgan fingerprint density at radius 3 is 2.44 bits per heavy atom. The standard InChI is InChI=1S/C9H9/c1-2-6-9-7-4-3-5-8-9/h1,3-8H,2H2. The zero-order valence-corrected chi connectivity index (χ0v) is 5.25. The van der Waals surface area contributed by atoms with Crippen LogP contribution in [-0.2, 0) is 0 Å². The summed E-state index contributed by atoms with van der Waals surface area (Å²) >= 11 is 0. The van der Waals surface area contributed by atoms with Gasteiger partial charge in [0.15, 0.2) is 0 Å². The second-order valence-corrected chi connectivity index (χ2v) is 1.85. The molecule has 0 aromatic heterocycles. The molecule has 0 aliphatic rings. The van der Waals surface area contributed by atoms with Crippen LogP contribution in [0.4, 0.5) is 0 Å². The SMILES string of the molecule is [CH]C[CH]c1ccccc1. The molecule has 45 valence electrons. The van der Waals surface area contributed by atoms with E-state index in [4.69, 9.17) is 6.92 Å². The van der Waals surface area contributed by atoms with Gasteiger partial charge < -0.3 is 0 Å². The van der Waals surface area contributed by atoms with Crippen molar-refractivity contribution in [2.45, 2.75) is 6.42 Å². The highest BCUT2D eigenvalue weighted by Crippen LogP contribution is 2.02. The van der Waals surface area contributed by atoms with Crippen LogP contribution in [0, 0.1) is 13.3 Å². The Morgan fingerprint density at radius 2 is 1.89 bits per heavy atom. The Bertz CT molecular complexity index is 153. The quantitative estimate of drug-likeness (QED) is 0.557. The zero-order chi connectivity index (χ0) is 6.53. The third-order valence-corrected chi connectivity index (χ3v) is 1.15. The lowest BCUT2D eigenvalue weighted by Crippen LogP contribution is -1.75. The minimum atomic E-state index is 0.615. The van der Waals surface area contributed by atoms with Gasteiger partial charge in [-0.25, -0.2) is 0 Å². The highest BCUT2D eigenvalue weighted by Gasteiger charge is 1.85. The molecule has 0 saturated heterocycles. The first kappa shape index (κ1) is 6.34. The van der Waals surface area contributed by atoms with E-state index in [0.29, 0.717) is 6.42 Å². The second-order valence-electron chi connectivity index (χ2n) is 1.85. The molecule has 0 unspecified atom stereocenters. The largest absolute Gasteiger partial charge is 0.0622 e. The van der Waals surface area contributed by atoms with Crippen molar-refractivity contribution in [3.63, 3.8) is 0 Å². The molecule has 0 atom stereocenters. The van der Waals surface area contributed by atoms with Gasteiger partial charge in [0, 0.05) is 0 Å². The Hall–Kier alpha value is -0.780. The van der Waals surface area contributed by atoms with Crippen LogP contribution in [0.2, 0.25) is 0 Å². The molecule has 1 aromatic rings. The summed E-state index contributed by atoms with van der Waals surface area (Å²) in [6.45, 7) is 5.30. The van der Waals surface area contributed by atoms with Crippen LogP contribution in [0.3, 0.4) is 0 Å². The molecule has 0 amide bonds. The van der Waals surface area contributed by atoms with Crippen molar-refractivity contribution >= 4 is 0 Å². The lowest BCUT2D eigenvalue weighted by molar-refractivity contribution is 1.24. The van der Waals surface area contributed by atoms with Gasteiger partial charge in [0.1, 0.15) is 0 Å². The summed E-state index contributed by atoms with van der Waals surface area (Å²) in [6.07, 6.45) is 2.60. The number of hydrogen-bond donors (Lipinski definition) is 0. The predicted molar refractivity (Wildman–Crippen MR) is 38.8 cm³/mol. The molecule has 0 bridgehead atoms. The second kappa shape index (κ2) is 3.29. The number of rotatable bonds is 2. The van der Waals surface area contributed by atoms with Crippen molar-refractivity contribution < 1.29 is 0 Å². The first-order chi connectivity index (χ1) is 4.43. The Kier molecular flexibility index (Phi) is 2.32. The van der Waals surface area contributed by atoms with Gasteiger partial charge in [0.25, 0.3) is 0 Å². The van der Waals surface area contributed by atoms with E-state index in [0.717, 1.165) is 0 Å². The topological polar surface area (TPSA) is 0 Å². The van der Waals surface area contributed by atoms with E-state index in [1.54, 1.807) is 0 Å². The molecule has 0 fully saturated rings. The highest BCUT2D eigenvalue weighted by molar-refractivity contribution is 5.22. The summed E-state index contributed by atoms with van der Waals surface area (Å²) in [5, 5.41) is 0. The summed E-state index contributed by atoms with van der Waals surface area (Å²) in [6, 6.07) is 10.1. The molecule has 9 heavy (non-hydrogen) atoms. The smallest absolute Gasteiger partial charge is 0.00901 e. The molecule has 3 radical (unpaired) electrons. The Labute approximate surface area is 56.5 Å². The molecule has 0 aliphatic heterocycles. The van der Waals surface area contributed by atoms with Crippen molar-refractivity contribution in [3.8, 4) is 0 Å². The van der Waals surface area contributed by atoms with Gasteiger partial charge in [-0.05, 0) is 25.3 Å². The normalized spacial score (nSPS) is 9.44. The van der Waals surface area contributed by atoms with E-state index in [2.05, 4.69) is 0 Å². The Morgan fingerprint density at radius 1 is 1.22 bits per heavy atom. The summed E-state index contributed by atoms with van der Waals surface area (Å²) in [5.74, 6) is 0. The fraction of sp³-hybridized carbons (Fsp3) is 0.111. The molecule has 0 heteroatoms. The van der Waals surface area contributed by atoms with E-state index in [-0.39, 0.29) is 0 Å². The van der Waals surface area contributed by atoms with E-state index in [1.165, 1.54) is 5.56 Å². The van der Waals surface area contributed by atoms with Gasteiger partial charge in [-0.3, -0.25) is 0 Å². The Balaban J connectivity index is 2.61. The average molecular weight is 117 g/mol. The first-order valence-electron chi connectivity index (χ1n) is 3.02. The molecule has 0 nitrogen and oxygen atoms in total. The monoisotopic (exact) mass is 117 g/mol. The van der Waals surface area contributed by atoms with Crippen LogP contribution in [0.25, 0.3) is 0 Å². The molecule has 0 saturated carbocycles. The van der Waals surface area contributed by atoms with E-state index >= 15 is 0 Å². The molecule has 1 aromatic carbocycles. The minimum absolute atomic E-state index is 0.615. The molecule has 0 aliphatic carbocycles. The predicted octanol–water partition coefficient (Wildman–Crippen LogP) is 2.34. The van der Waals surface area contributed by atoms with Crippen LogP contribution < -0.4 is 0 Å². The van der Waals surface area contributed by atoms with E-state index in [1.807, 2.05) is 36.8 Å². The van der Waals surface area contributed by atoms with Crippen LogP contribution in [0.1, 0.15) is 12.0 Å². The highest BCUT2D eigenvalue weighted by atomic mass is 13.9. The van der Waals surface area contributed by atoms with Gasteiger partial charge in [-0.15, -0.1) is 0 Å². The summed E-state index contributed by atoms with van der Waals surface area (Å²) < 4.78 is 0. The number of benzene rings is 1. The van der Waals surface area contributed by atoms with E-state index < -0.39 is 0 Å². The maximum absolute atomic E-state index is 5.30. The van der Waals surface area contributed by atoms with Crippen molar-refractivity contribution in [1.29, 1.82) is 0 Å². The maximum Gasteiger partial charge on any atom is -0.00901 e.